The van der Waals surface area contributed by atoms with Crippen LogP contribution in [0.1, 0.15) is 19.7 Å². The molecule has 154 valence electrons. The number of aromatic nitrogens is 2. The average molecular weight is 434 g/mol. The van der Waals surface area contributed by atoms with Crippen molar-refractivity contribution in [3.63, 3.8) is 0 Å². The van der Waals surface area contributed by atoms with E-state index in [1.807, 2.05) is 32.0 Å². The fraction of sp³-hybridized carbons (Fsp3) is 0.350. The summed E-state index contributed by atoms with van der Waals surface area (Å²) in [6, 6.07) is 10.9. The number of rotatable bonds is 7. The number of nitrogens with one attached hydrogen (secondary N) is 1. The number of hydrogen-bond acceptors (Lipinski definition) is 6. The summed E-state index contributed by atoms with van der Waals surface area (Å²) in [6.45, 7) is 5.69. The maximum atomic E-state index is 12.7. The van der Waals surface area contributed by atoms with Crippen molar-refractivity contribution >= 4 is 32.8 Å². The first kappa shape index (κ1) is 20.1. The predicted octanol–water partition coefficient (Wildman–Crippen LogP) is 3.66. The first-order valence-corrected chi connectivity index (χ1v) is 11.9. The fourth-order valence-electron chi connectivity index (χ4n) is 3.25. The predicted molar refractivity (Wildman–Crippen MR) is 113 cm³/mol. The van der Waals surface area contributed by atoms with Crippen molar-refractivity contribution in [3.8, 4) is 11.5 Å². The maximum absolute atomic E-state index is 12.7. The number of aromatic amines is 1. The van der Waals surface area contributed by atoms with Crippen LogP contribution in [0.3, 0.4) is 0 Å². The lowest BCUT2D eigenvalue weighted by Crippen LogP contribution is -2.30. The van der Waals surface area contributed by atoms with Gasteiger partial charge in [0.2, 0.25) is 10.0 Å². The van der Waals surface area contributed by atoms with Gasteiger partial charge in [0.05, 0.1) is 21.7 Å². The molecule has 4 rings (SSSR count). The standard InChI is InChI=1S/C20H23N3O4S2/c1-3-23(4-2)29(24,25)15-6-7-16-17(12-15)22-20(21-16)13-28-14-5-8-18-19(11-14)27-10-9-26-18/h5-8,11-12H,3-4,9-10,13H2,1-2H3,(H,21,22). The molecule has 0 fully saturated rings. The molecule has 1 aliphatic rings. The van der Waals surface area contributed by atoms with Crippen LogP contribution in [0.25, 0.3) is 11.0 Å². The largest absolute Gasteiger partial charge is 0.486 e. The molecule has 0 saturated heterocycles. The van der Waals surface area contributed by atoms with Crippen molar-refractivity contribution in [3.05, 3.63) is 42.2 Å². The summed E-state index contributed by atoms with van der Waals surface area (Å²) in [5.41, 5.74) is 1.47. The molecule has 0 atom stereocenters. The van der Waals surface area contributed by atoms with Crippen LogP contribution in [-0.4, -0.2) is 49.0 Å². The highest BCUT2D eigenvalue weighted by molar-refractivity contribution is 7.98. The summed E-state index contributed by atoms with van der Waals surface area (Å²) in [5.74, 6) is 2.95. The highest BCUT2D eigenvalue weighted by atomic mass is 32.2. The van der Waals surface area contributed by atoms with Gasteiger partial charge in [-0.3, -0.25) is 0 Å². The number of ether oxygens (including phenoxy) is 2. The molecule has 0 saturated carbocycles. The molecule has 9 heteroatoms. The van der Waals surface area contributed by atoms with Gasteiger partial charge in [-0.15, -0.1) is 11.8 Å². The third kappa shape index (κ3) is 4.08. The molecule has 2 heterocycles. The van der Waals surface area contributed by atoms with Crippen LogP contribution < -0.4 is 9.47 Å². The Bertz CT molecular complexity index is 1120. The van der Waals surface area contributed by atoms with E-state index in [2.05, 4.69) is 9.97 Å². The highest BCUT2D eigenvalue weighted by Gasteiger charge is 2.22. The Labute approximate surface area is 174 Å². The first-order valence-electron chi connectivity index (χ1n) is 9.52. The van der Waals surface area contributed by atoms with Crippen molar-refractivity contribution < 1.29 is 17.9 Å². The SMILES string of the molecule is CCN(CC)S(=O)(=O)c1ccc2nc(CSc3ccc4c(c3)OCCO4)[nH]c2c1. The van der Waals surface area contributed by atoms with E-state index in [-0.39, 0.29) is 4.90 Å². The second-order valence-corrected chi connectivity index (χ2v) is 9.53. The van der Waals surface area contributed by atoms with Crippen molar-refractivity contribution in [2.24, 2.45) is 0 Å². The molecule has 1 aromatic heterocycles. The minimum Gasteiger partial charge on any atom is -0.486 e. The molecule has 29 heavy (non-hydrogen) atoms. The van der Waals surface area contributed by atoms with Gasteiger partial charge in [0, 0.05) is 18.0 Å². The molecule has 3 aromatic rings. The van der Waals surface area contributed by atoms with E-state index in [0.29, 0.717) is 32.1 Å². The summed E-state index contributed by atoms with van der Waals surface area (Å²) < 4.78 is 38.1. The van der Waals surface area contributed by atoms with Gasteiger partial charge in [-0.25, -0.2) is 13.4 Å². The Balaban J connectivity index is 1.52. The van der Waals surface area contributed by atoms with Crippen LogP contribution >= 0.6 is 11.8 Å². The Morgan fingerprint density at radius 3 is 2.59 bits per heavy atom. The zero-order chi connectivity index (χ0) is 20.4. The molecule has 1 aliphatic heterocycles. The van der Waals surface area contributed by atoms with Crippen molar-refractivity contribution in [1.82, 2.24) is 14.3 Å². The summed E-state index contributed by atoms with van der Waals surface area (Å²) >= 11 is 1.63. The van der Waals surface area contributed by atoms with Crippen LogP contribution in [0, 0.1) is 0 Å². The normalized spacial score (nSPS) is 13.9. The third-order valence-electron chi connectivity index (χ3n) is 4.73. The van der Waals surface area contributed by atoms with E-state index < -0.39 is 10.0 Å². The van der Waals surface area contributed by atoms with Crippen LogP contribution in [0.2, 0.25) is 0 Å². The molecule has 0 amide bonds. The minimum absolute atomic E-state index is 0.281. The number of nitrogens with zero attached hydrogens (tertiary/aromatic N) is 2. The Morgan fingerprint density at radius 1 is 1.07 bits per heavy atom. The van der Waals surface area contributed by atoms with E-state index in [4.69, 9.17) is 9.47 Å². The van der Waals surface area contributed by atoms with Gasteiger partial charge >= 0.3 is 0 Å². The second-order valence-electron chi connectivity index (χ2n) is 6.55. The molecule has 0 unspecified atom stereocenters. The molecule has 2 aromatic carbocycles. The molecule has 7 nitrogen and oxygen atoms in total. The number of H-pyrrole nitrogens is 1. The fourth-order valence-corrected chi connectivity index (χ4v) is 5.53. The lowest BCUT2D eigenvalue weighted by atomic mass is 10.3. The molecular formula is C20H23N3O4S2. The van der Waals surface area contributed by atoms with Gasteiger partial charge in [-0.05, 0) is 36.4 Å². The van der Waals surface area contributed by atoms with E-state index in [0.717, 1.165) is 33.3 Å². The summed E-state index contributed by atoms with van der Waals surface area (Å²) in [5, 5.41) is 0. The molecule has 0 radical (unpaired) electrons. The van der Waals surface area contributed by atoms with E-state index in [9.17, 15) is 8.42 Å². The lowest BCUT2D eigenvalue weighted by molar-refractivity contribution is 0.171. The van der Waals surface area contributed by atoms with E-state index in [1.54, 1.807) is 30.0 Å². The Kier molecular flexibility index (Phi) is 5.71. The second kappa shape index (κ2) is 8.25. The number of sulfonamides is 1. The lowest BCUT2D eigenvalue weighted by Gasteiger charge is -2.18. The van der Waals surface area contributed by atoms with Crippen molar-refractivity contribution in [2.75, 3.05) is 26.3 Å². The minimum atomic E-state index is -3.49. The molecule has 0 aliphatic carbocycles. The van der Waals surface area contributed by atoms with Crippen LogP contribution in [0.4, 0.5) is 0 Å². The summed E-state index contributed by atoms with van der Waals surface area (Å²) in [7, 11) is -3.49. The average Bonchev–Trinajstić information content (AvgIpc) is 3.15. The van der Waals surface area contributed by atoms with Crippen LogP contribution in [0.5, 0.6) is 11.5 Å². The van der Waals surface area contributed by atoms with Crippen molar-refractivity contribution in [1.29, 1.82) is 0 Å². The first-order chi connectivity index (χ1) is 14.0. The number of benzene rings is 2. The topological polar surface area (TPSA) is 84.5 Å². The van der Waals surface area contributed by atoms with Gasteiger partial charge < -0.3 is 14.5 Å². The zero-order valence-corrected chi connectivity index (χ0v) is 18.0. The van der Waals surface area contributed by atoms with Crippen LogP contribution in [0.15, 0.2) is 46.2 Å². The molecule has 0 spiro atoms. The highest BCUT2D eigenvalue weighted by Crippen LogP contribution is 2.35. The van der Waals surface area contributed by atoms with E-state index >= 15 is 0 Å². The summed E-state index contributed by atoms with van der Waals surface area (Å²) in [6.07, 6.45) is 0. The maximum Gasteiger partial charge on any atom is 0.243 e. The molecule has 1 N–H and O–H groups in total. The van der Waals surface area contributed by atoms with Gasteiger partial charge in [0.25, 0.3) is 0 Å². The zero-order valence-electron chi connectivity index (χ0n) is 16.3. The molecular weight excluding hydrogens is 410 g/mol. The number of hydrogen-bond donors (Lipinski definition) is 1. The summed E-state index contributed by atoms with van der Waals surface area (Å²) in [4.78, 5) is 9.16. The number of imidazole rings is 1. The van der Waals surface area contributed by atoms with Gasteiger partial charge in [-0.1, -0.05) is 13.8 Å². The van der Waals surface area contributed by atoms with Crippen LogP contribution in [-0.2, 0) is 15.8 Å². The van der Waals surface area contributed by atoms with Gasteiger partial charge in [0.15, 0.2) is 11.5 Å². The third-order valence-corrected chi connectivity index (χ3v) is 7.79. The Morgan fingerprint density at radius 2 is 1.83 bits per heavy atom. The molecule has 0 bridgehead atoms. The number of thioether (sulfide) groups is 1. The number of fused-ring (bicyclic) bond motifs is 2. The Hall–Kier alpha value is -2.23. The van der Waals surface area contributed by atoms with Gasteiger partial charge in [-0.2, -0.15) is 4.31 Å². The quantitative estimate of drug-likeness (QED) is 0.573. The van der Waals surface area contributed by atoms with Crippen molar-refractivity contribution in [2.45, 2.75) is 29.4 Å². The van der Waals surface area contributed by atoms with Gasteiger partial charge in [0.1, 0.15) is 19.0 Å². The smallest absolute Gasteiger partial charge is 0.243 e. The van der Waals surface area contributed by atoms with E-state index in [1.165, 1.54) is 4.31 Å². The monoisotopic (exact) mass is 433 g/mol.